The van der Waals surface area contributed by atoms with Crippen molar-refractivity contribution in [2.75, 3.05) is 12.1 Å². The van der Waals surface area contributed by atoms with E-state index in [-0.39, 0.29) is 11.5 Å². The van der Waals surface area contributed by atoms with E-state index in [9.17, 15) is 9.59 Å². The minimum absolute atomic E-state index is 0.0970. The Morgan fingerprint density at radius 2 is 1.83 bits per heavy atom. The lowest BCUT2D eigenvalue weighted by Gasteiger charge is -2.13. The number of para-hydroxylation sites is 1. The first kappa shape index (κ1) is 14.8. The van der Waals surface area contributed by atoms with Crippen LogP contribution in [-0.2, 0) is 9.59 Å². The molecule has 1 heterocycles. The van der Waals surface area contributed by atoms with Crippen LogP contribution in [0.15, 0.2) is 54.1 Å². The third kappa shape index (κ3) is 2.81. The van der Waals surface area contributed by atoms with Gasteiger partial charge >= 0.3 is 0 Å². The van der Waals surface area contributed by atoms with Crippen molar-refractivity contribution in [3.05, 3.63) is 65.2 Å². The lowest BCUT2D eigenvalue weighted by atomic mass is 10.1. The molecular formula is C18H16N2O3. The molecule has 0 unspecified atom stereocenters. The molecule has 0 spiro atoms. The first-order valence-corrected chi connectivity index (χ1v) is 7.17. The number of nitrogens with zero attached hydrogens (tertiary/aromatic N) is 1. The van der Waals surface area contributed by atoms with E-state index in [1.165, 1.54) is 5.01 Å². The molecule has 116 valence electrons. The van der Waals surface area contributed by atoms with Gasteiger partial charge < -0.3 is 4.74 Å². The van der Waals surface area contributed by atoms with E-state index in [0.29, 0.717) is 11.4 Å². The van der Waals surface area contributed by atoms with Gasteiger partial charge in [-0.25, -0.2) is 5.01 Å². The molecule has 1 saturated heterocycles. The molecule has 5 nitrogen and oxygen atoms in total. The fourth-order valence-electron chi connectivity index (χ4n) is 2.41. The zero-order valence-electron chi connectivity index (χ0n) is 12.9. The Labute approximate surface area is 134 Å². The molecule has 0 radical (unpaired) electrons. The maximum Gasteiger partial charge on any atom is 0.282 e. The Hall–Kier alpha value is -3.08. The monoisotopic (exact) mass is 308 g/mol. The van der Waals surface area contributed by atoms with Crippen LogP contribution >= 0.6 is 0 Å². The lowest BCUT2D eigenvalue weighted by molar-refractivity contribution is -0.117. The Morgan fingerprint density at radius 1 is 1.09 bits per heavy atom. The highest BCUT2D eigenvalue weighted by molar-refractivity contribution is 6.31. The fourth-order valence-corrected chi connectivity index (χ4v) is 2.41. The van der Waals surface area contributed by atoms with Crippen molar-refractivity contribution in [2.24, 2.45) is 0 Å². The summed E-state index contributed by atoms with van der Waals surface area (Å²) in [4.78, 5) is 24.6. The van der Waals surface area contributed by atoms with Gasteiger partial charge in [0.05, 0.1) is 12.8 Å². The van der Waals surface area contributed by atoms with Crippen molar-refractivity contribution in [3.8, 4) is 5.75 Å². The van der Waals surface area contributed by atoms with E-state index < -0.39 is 5.91 Å². The van der Waals surface area contributed by atoms with E-state index >= 15 is 0 Å². The van der Waals surface area contributed by atoms with Gasteiger partial charge in [-0.2, -0.15) is 0 Å². The summed E-state index contributed by atoms with van der Waals surface area (Å²) in [5, 5.41) is 1.25. The maximum atomic E-state index is 12.5. The van der Waals surface area contributed by atoms with E-state index in [2.05, 4.69) is 5.43 Å². The second-order valence-electron chi connectivity index (χ2n) is 5.20. The van der Waals surface area contributed by atoms with Crippen LogP contribution in [0.5, 0.6) is 5.75 Å². The molecule has 2 amide bonds. The zero-order chi connectivity index (χ0) is 16.4. The summed E-state index contributed by atoms with van der Waals surface area (Å²) in [5.74, 6) is -0.0794. The van der Waals surface area contributed by atoms with E-state index in [4.69, 9.17) is 4.74 Å². The van der Waals surface area contributed by atoms with Crippen LogP contribution in [0.1, 0.15) is 11.1 Å². The average Bonchev–Trinajstić information content (AvgIpc) is 2.85. The maximum absolute atomic E-state index is 12.5. The van der Waals surface area contributed by atoms with Crippen LogP contribution in [0.25, 0.3) is 6.08 Å². The van der Waals surface area contributed by atoms with Gasteiger partial charge in [0.2, 0.25) is 0 Å². The molecule has 0 aromatic heterocycles. The molecule has 0 aliphatic carbocycles. The number of carbonyl (C=O) groups excluding carboxylic acids is 2. The first-order valence-electron chi connectivity index (χ1n) is 7.17. The summed E-state index contributed by atoms with van der Waals surface area (Å²) in [5.41, 5.74) is 5.02. The first-order chi connectivity index (χ1) is 11.1. The number of aryl methyl sites for hydroxylation is 1. The van der Waals surface area contributed by atoms with Gasteiger partial charge in [0, 0.05) is 0 Å². The van der Waals surface area contributed by atoms with Crippen LogP contribution in [0.2, 0.25) is 0 Å². The van der Waals surface area contributed by atoms with Crippen molar-refractivity contribution in [2.45, 2.75) is 6.92 Å². The summed E-state index contributed by atoms with van der Waals surface area (Å²) in [7, 11) is 1.59. The third-order valence-corrected chi connectivity index (χ3v) is 3.65. The highest BCUT2D eigenvalue weighted by atomic mass is 16.5. The van der Waals surface area contributed by atoms with Crippen molar-refractivity contribution >= 4 is 23.6 Å². The molecule has 2 aromatic carbocycles. The number of ether oxygens (including phenoxy) is 1. The number of hydrazine groups is 1. The lowest BCUT2D eigenvalue weighted by Crippen LogP contribution is -2.35. The second-order valence-corrected chi connectivity index (χ2v) is 5.20. The number of hydrogen-bond acceptors (Lipinski definition) is 3. The van der Waals surface area contributed by atoms with Crippen LogP contribution in [-0.4, -0.2) is 18.9 Å². The van der Waals surface area contributed by atoms with Crippen LogP contribution in [0.3, 0.4) is 0 Å². The molecule has 5 heteroatoms. The molecule has 0 bridgehead atoms. The number of amides is 2. The molecule has 1 aliphatic heterocycles. The van der Waals surface area contributed by atoms with Crippen molar-refractivity contribution in [1.29, 1.82) is 0 Å². The van der Waals surface area contributed by atoms with Crippen LogP contribution in [0.4, 0.5) is 5.69 Å². The molecule has 2 aromatic rings. The highest BCUT2D eigenvalue weighted by Crippen LogP contribution is 2.24. The Kier molecular flexibility index (Phi) is 3.85. The Bertz CT molecular complexity index is 797. The number of methoxy groups -OCH3 is 1. The van der Waals surface area contributed by atoms with Crippen molar-refractivity contribution in [3.63, 3.8) is 0 Å². The number of rotatable bonds is 3. The van der Waals surface area contributed by atoms with Gasteiger partial charge in [0.25, 0.3) is 11.8 Å². The smallest absolute Gasteiger partial charge is 0.282 e. The summed E-state index contributed by atoms with van der Waals surface area (Å²) >= 11 is 0. The predicted molar refractivity (Wildman–Crippen MR) is 87.8 cm³/mol. The molecule has 1 fully saturated rings. The Morgan fingerprint density at radius 3 is 2.52 bits per heavy atom. The Balaban J connectivity index is 1.94. The minimum Gasteiger partial charge on any atom is -0.496 e. The summed E-state index contributed by atoms with van der Waals surface area (Å²) in [6.45, 7) is 1.93. The van der Waals surface area contributed by atoms with Crippen LogP contribution < -0.4 is 15.2 Å². The number of benzene rings is 2. The minimum atomic E-state index is -0.418. The molecule has 1 aliphatic rings. The predicted octanol–water partition coefficient (Wildman–Crippen LogP) is 2.47. The molecule has 3 rings (SSSR count). The standard InChI is InChI=1S/C18H16N2O3/c1-12-8-9-13(11-16(12)23-2)10-15-17(21)19-20(18(15)22)14-6-4-3-5-7-14/h3-11H,1-2H3,(H,19,21)/b15-10-. The number of nitrogens with one attached hydrogen (secondary N) is 1. The molecule has 1 N–H and O–H groups in total. The number of anilines is 1. The largest absolute Gasteiger partial charge is 0.496 e. The third-order valence-electron chi connectivity index (χ3n) is 3.65. The van der Waals surface area contributed by atoms with Gasteiger partial charge in [0.15, 0.2) is 0 Å². The summed E-state index contributed by atoms with van der Waals surface area (Å²) in [6, 6.07) is 14.5. The SMILES string of the molecule is COc1cc(/C=C2/C(=O)NN(c3ccccc3)C2=O)ccc1C. The van der Waals surface area contributed by atoms with E-state index in [0.717, 1.165) is 11.1 Å². The summed E-state index contributed by atoms with van der Waals surface area (Å²) in [6.07, 6.45) is 1.57. The normalized spacial score (nSPS) is 15.9. The van der Waals surface area contributed by atoms with Gasteiger partial charge in [0.1, 0.15) is 11.3 Å². The molecule has 0 atom stereocenters. The second kappa shape index (κ2) is 5.96. The van der Waals surface area contributed by atoms with Crippen molar-refractivity contribution < 1.29 is 14.3 Å². The van der Waals surface area contributed by atoms with Gasteiger partial charge in [-0.1, -0.05) is 30.3 Å². The molecule has 23 heavy (non-hydrogen) atoms. The van der Waals surface area contributed by atoms with Gasteiger partial charge in [-0.3, -0.25) is 15.0 Å². The van der Waals surface area contributed by atoms with Crippen LogP contribution in [0, 0.1) is 6.92 Å². The zero-order valence-corrected chi connectivity index (χ0v) is 12.9. The summed E-state index contributed by atoms with van der Waals surface area (Å²) < 4.78 is 5.27. The average molecular weight is 308 g/mol. The van der Waals surface area contributed by atoms with Gasteiger partial charge in [-0.15, -0.1) is 0 Å². The number of hydrogen-bond donors (Lipinski definition) is 1. The molecule has 0 saturated carbocycles. The number of carbonyl (C=O) groups is 2. The van der Waals surface area contributed by atoms with Gasteiger partial charge in [-0.05, 0) is 42.3 Å². The molecular weight excluding hydrogens is 292 g/mol. The van der Waals surface area contributed by atoms with E-state index in [1.54, 1.807) is 43.5 Å². The van der Waals surface area contributed by atoms with E-state index in [1.807, 2.05) is 25.1 Å². The quantitative estimate of drug-likeness (QED) is 0.700. The van der Waals surface area contributed by atoms with Crippen molar-refractivity contribution in [1.82, 2.24) is 5.43 Å². The highest BCUT2D eigenvalue weighted by Gasteiger charge is 2.34. The fraction of sp³-hybridized carbons (Fsp3) is 0.111. The topological polar surface area (TPSA) is 58.6 Å².